The summed E-state index contributed by atoms with van der Waals surface area (Å²) in [4.78, 5) is 25.7. The van der Waals surface area contributed by atoms with Crippen LogP contribution in [0.2, 0.25) is 0 Å². The number of nitrogens with one attached hydrogen (secondary N) is 1. The number of amides is 2. The van der Waals surface area contributed by atoms with Crippen LogP contribution in [0.25, 0.3) is 0 Å². The summed E-state index contributed by atoms with van der Waals surface area (Å²) in [5.74, 6) is 1.42. The highest BCUT2D eigenvalue weighted by Crippen LogP contribution is 2.24. The van der Waals surface area contributed by atoms with Crippen molar-refractivity contribution in [3.8, 4) is 0 Å². The molecule has 0 saturated carbocycles. The Balaban J connectivity index is 2.85. The summed E-state index contributed by atoms with van der Waals surface area (Å²) < 4.78 is 0. The fourth-order valence-electron chi connectivity index (χ4n) is 2.64. The molecule has 1 rings (SSSR count). The number of piperazine rings is 1. The Kier molecular flexibility index (Phi) is 4.77. The molecule has 0 spiro atoms. The van der Waals surface area contributed by atoms with Crippen molar-refractivity contribution in [1.29, 1.82) is 0 Å². The Morgan fingerprint density at radius 1 is 1.11 bits per heavy atom. The number of carbonyl (C=O) groups excluding carboxylic acids is 2. The van der Waals surface area contributed by atoms with Crippen LogP contribution in [0.4, 0.5) is 0 Å². The van der Waals surface area contributed by atoms with E-state index in [9.17, 15) is 9.59 Å². The smallest absolute Gasteiger partial charge is 0.245 e. The van der Waals surface area contributed by atoms with Crippen molar-refractivity contribution < 1.29 is 9.59 Å². The minimum absolute atomic E-state index is 0.0356. The topological polar surface area (TPSA) is 49.4 Å². The molecule has 0 bridgehead atoms. The standard InChI is InChI=1S/C14H26N2O2/c1-8(2)12(9(3)4)7-16-11(6)13(17)15-10(5)14(16)18/h8-12H,7H2,1-6H3,(H,15,17). The second kappa shape index (κ2) is 5.72. The molecule has 2 amide bonds. The summed E-state index contributed by atoms with van der Waals surface area (Å²) in [7, 11) is 0. The fraction of sp³-hybridized carbons (Fsp3) is 0.857. The van der Waals surface area contributed by atoms with Crippen LogP contribution in [0.3, 0.4) is 0 Å². The van der Waals surface area contributed by atoms with Gasteiger partial charge in [-0.2, -0.15) is 0 Å². The van der Waals surface area contributed by atoms with Gasteiger partial charge in [-0.25, -0.2) is 0 Å². The third-order valence-electron chi connectivity index (χ3n) is 3.98. The van der Waals surface area contributed by atoms with Gasteiger partial charge in [-0.3, -0.25) is 9.59 Å². The van der Waals surface area contributed by atoms with Crippen LogP contribution in [-0.4, -0.2) is 35.3 Å². The van der Waals surface area contributed by atoms with E-state index in [2.05, 4.69) is 33.0 Å². The Hall–Kier alpha value is -1.06. The van der Waals surface area contributed by atoms with Crippen molar-refractivity contribution >= 4 is 11.8 Å². The maximum atomic E-state index is 12.2. The molecular weight excluding hydrogens is 228 g/mol. The number of carbonyl (C=O) groups is 2. The van der Waals surface area contributed by atoms with Gasteiger partial charge in [0.05, 0.1) is 0 Å². The summed E-state index contributed by atoms with van der Waals surface area (Å²) in [6.07, 6.45) is 0. The average Bonchev–Trinajstić information content (AvgIpc) is 2.25. The Bertz CT molecular complexity index is 318. The summed E-state index contributed by atoms with van der Waals surface area (Å²) in [6, 6.07) is -0.748. The van der Waals surface area contributed by atoms with Crippen LogP contribution in [0.1, 0.15) is 41.5 Å². The maximum Gasteiger partial charge on any atom is 0.245 e. The Labute approximate surface area is 110 Å². The molecule has 2 unspecified atom stereocenters. The summed E-state index contributed by atoms with van der Waals surface area (Å²) in [6.45, 7) is 12.9. The predicted octanol–water partition coefficient (Wildman–Crippen LogP) is 1.65. The average molecular weight is 254 g/mol. The van der Waals surface area contributed by atoms with Crippen LogP contribution in [0.15, 0.2) is 0 Å². The minimum Gasteiger partial charge on any atom is -0.343 e. The lowest BCUT2D eigenvalue weighted by Crippen LogP contribution is -2.62. The molecule has 4 heteroatoms. The predicted molar refractivity (Wildman–Crippen MR) is 71.9 cm³/mol. The number of nitrogens with zero attached hydrogens (tertiary/aromatic N) is 1. The molecular formula is C14H26N2O2. The highest BCUT2D eigenvalue weighted by molar-refractivity contribution is 5.96. The number of hydrogen-bond donors (Lipinski definition) is 1. The molecule has 1 saturated heterocycles. The van der Waals surface area contributed by atoms with Crippen LogP contribution < -0.4 is 5.32 Å². The molecule has 0 radical (unpaired) electrons. The monoisotopic (exact) mass is 254 g/mol. The van der Waals surface area contributed by atoms with Crippen molar-refractivity contribution in [3.63, 3.8) is 0 Å². The van der Waals surface area contributed by atoms with Gasteiger partial charge in [-0.05, 0) is 31.6 Å². The van der Waals surface area contributed by atoms with Crippen molar-refractivity contribution in [2.75, 3.05) is 6.54 Å². The molecule has 1 heterocycles. The summed E-state index contributed by atoms with van der Waals surface area (Å²) in [5.41, 5.74) is 0. The molecule has 104 valence electrons. The van der Waals surface area contributed by atoms with Crippen LogP contribution >= 0.6 is 0 Å². The molecule has 18 heavy (non-hydrogen) atoms. The van der Waals surface area contributed by atoms with Gasteiger partial charge in [0.2, 0.25) is 11.8 Å². The molecule has 0 aromatic rings. The third-order valence-corrected chi connectivity index (χ3v) is 3.98. The minimum atomic E-state index is -0.395. The van der Waals surface area contributed by atoms with E-state index in [0.29, 0.717) is 24.3 Å². The van der Waals surface area contributed by atoms with E-state index in [1.165, 1.54) is 0 Å². The highest BCUT2D eigenvalue weighted by atomic mass is 16.2. The van der Waals surface area contributed by atoms with E-state index in [4.69, 9.17) is 0 Å². The SMILES string of the molecule is CC1NC(=O)C(C)N(CC(C(C)C)C(C)C)C1=O. The van der Waals surface area contributed by atoms with Gasteiger partial charge in [0.25, 0.3) is 0 Å². The van der Waals surface area contributed by atoms with Gasteiger partial charge >= 0.3 is 0 Å². The second-order valence-corrected chi connectivity index (χ2v) is 6.05. The lowest BCUT2D eigenvalue weighted by Gasteiger charge is -2.40. The van der Waals surface area contributed by atoms with Gasteiger partial charge < -0.3 is 10.2 Å². The molecule has 1 aliphatic heterocycles. The van der Waals surface area contributed by atoms with Crippen molar-refractivity contribution in [1.82, 2.24) is 10.2 Å². The first kappa shape index (κ1) is 15.0. The van der Waals surface area contributed by atoms with E-state index in [0.717, 1.165) is 0 Å². The zero-order valence-corrected chi connectivity index (χ0v) is 12.4. The van der Waals surface area contributed by atoms with Gasteiger partial charge in [0.1, 0.15) is 12.1 Å². The van der Waals surface area contributed by atoms with E-state index in [1.807, 2.05) is 0 Å². The molecule has 0 aromatic heterocycles. The van der Waals surface area contributed by atoms with Crippen molar-refractivity contribution in [3.05, 3.63) is 0 Å². The quantitative estimate of drug-likeness (QED) is 0.829. The first-order valence-corrected chi connectivity index (χ1v) is 6.86. The van der Waals surface area contributed by atoms with Crippen molar-refractivity contribution in [2.24, 2.45) is 17.8 Å². The number of rotatable bonds is 4. The first-order chi connectivity index (χ1) is 8.25. The Morgan fingerprint density at radius 3 is 2.06 bits per heavy atom. The van der Waals surface area contributed by atoms with Gasteiger partial charge in [-0.15, -0.1) is 0 Å². The normalized spacial score (nSPS) is 25.3. The van der Waals surface area contributed by atoms with E-state index >= 15 is 0 Å². The first-order valence-electron chi connectivity index (χ1n) is 6.86. The molecule has 4 nitrogen and oxygen atoms in total. The van der Waals surface area contributed by atoms with Gasteiger partial charge in [0.15, 0.2) is 0 Å². The zero-order valence-electron chi connectivity index (χ0n) is 12.4. The van der Waals surface area contributed by atoms with E-state index in [-0.39, 0.29) is 17.9 Å². The third kappa shape index (κ3) is 3.03. The molecule has 1 N–H and O–H groups in total. The van der Waals surface area contributed by atoms with Gasteiger partial charge in [0, 0.05) is 6.54 Å². The van der Waals surface area contributed by atoms with E-state index in [1.54, 1.807) is 18.7 Å². The van der Waals surface area contributed by atoms with E-state index < -0.39 is 6.04 Å². The summed E-state index contributed by atoms with van der Waals surface area (Å²) in [5, 5.41) is 2.71. The van der Waals surface area contributed by atoms with Crippen molar-refractivity contribution in [2.45, 2.75) is 53.6 Å². The van der Waals surface area contributed by atoms with Crippen LogP contribution in [0.5, 0.6) is 0 Å². The molecule has 2 atom stereocenters. The molecule has 1 fully saturated rings. The lowest BCUT2D eigenvalue weighted by atomic mass is 9.84. The lowest BCUT2D eigenvalue weighted by molar-refractivity contribution is -0.149. The Morgan fingerprint density at radius 2 is 1.61 bits per heavy atom. The maximum absolute atomic E-state index is 12.2. The molecule has 1 aliphatic rings. The number of hydrogen-bond acceptors (Lipinski definition) is 2. The van der Waals surface area contributed by atoms with Gasteiger partial charge in [-0.1, -0.05) is 27.7 Å². The summed E-state index contributed by atoms with van der Waals surface area (Å²) >= 11 is 0. The van der Waals surface area contributed by atoms with Crippen LogP contribution in [0, 0.1) is 17.8 Å². The second-order valence-electron chi connectivity index (χ2n) is 6.05. The van der Waals surface area contributed by atoms with Crippen LogP contribution in [-0.2, 0) is 9.59 Å². The highest BCUT2D eigenvalue weighted by Gasteiger charge is 2.37. The fourth-order valence-corrected chi connectivity index (χ4v) is 2.64. The molecule has 0 aromatic carbocycles. The zero-order chi connectivity index (χ0) is 14.0. The molecule has 0 aliphatic carbocycles. The largest absolute Gasteiger partial charge is 0.343 e.